The van der Waals surface area contributed by atoms with E-state index in [1.165, 1.54) is 5.56 Å². The summed E-state index contributed by atoms with van der Waals surface area (Å²) < 4.78 is 33.7. The van der Waals surface area contributed by atoms with E-state index < -0.39 is 10.0 Å². The van der Waals surface area contributed by atoms with Crippen molar-refractivity contribution in [1.29, 1.82) is 0 Å². The molecule has 0 aliphatic carbocycles. The molecule has 0 unspecified atom stereocenters. The summed E-state index contributed by atoms with van der Waals surface area (Å²) in [6.45, 7) is 3.93. The number of aryl methyl sites for hydroxylation is 1. The van der Waals surface area contributed by atoms with Crippen molar-refractivity contribution >= 4 is 32.6 Å². The molecule has 0 fully saturated rings. The number of methoxy groups -OCH3 is 1. The predicted molar refractivity (Wildman–Crippen MR) is 100 cm³/mol. The molecule has 0 aromatic heterocycles. The predicted octanol–water partition coefficient (Wildman–Crippen LogP) is 3.90. The van der Waals surface area contributed by atoms with E-state index in [4.69, 9.17) is 4.74 Å². The summed E-state index contributed by atoms with van der Waals surface area (Å²) in [5, 5.41) is 0. The zero-order chi connectivity index (χ0) is 17.0. The number of ether oxygens (including phenoxy) is 1. The second-order valence-corrected chi connectivity index (χ2v) is 8.11. The summed E-state index contributed by atoms with van der Waals surface area (Å²) in [6, 6.07) is 12.5. The van der Waals surface area contributed by atoms with E-state index in [2.05, 4.69) is 34.2 Å². The monoisotopic (exact) mass is 445 g/mol. The Hall–Kier alpha value is -1.12. The van der Waals surface area contributed by atoms with Crippen molar-refractivity contribution in [1.82, 2.24) is 4.72 Å². The van der Waals surface area contributed by atoms with Crippen molar-refractivity contribution in [2.24, 2.45) is 0 Å². The minimum Gasteiger partial charge on any atom is -0.496 e. The molecule has 0 saturated carbocycles. The lowest BCUT2D eigenvalue weighted by Gasteiger charge is -2.15. The van der Waals surface area contributed by atoms with Gasteiger partial charge in [0.25, 0.3) is 0 Å². The van der Waals surface area contributed by atoms with Gasteiger partial charge >= 0.3 is 0 Å². The van der Waals surface area contributed by atoms with Crippen LogP contribution in [0.15, 0.2) is 47.4 Å². The fraction of sp³-hybridized carbons (Fsp3) is 0.294. The normalized spacial score (nSPS) is 12.9. The third-order valence-corrected chi connectivity index (χ3v) is 6.03. The molecule has 0 amide bonds. The molecule has 0 spiro atoms. The first kappa shape index (κ1) is 18.2. The van der Waals surface area contributed by atoms with E-state index in [0.29, 0.717) is 5.75 Å². The van der Waals surface area contributed by atoms with Crippen molar-refractivity contribution in [3.63, 3.8) is 0 Å². The van der Waals surface area contributed by atoms with Gasteiger partial charge in [0, 0.05) is 6.04 Å². The number of rotatable bonds is 6. The molecule has 0 aliphatic rings. The molecule has 6 heteroatoms. The molecule has 0 radical (unpaired) electrons. The van der Waals surface area contributed by atoms with Gasteiger partial charge in [-0.25, -0.2) is 13.1 Å². The Balaban J connectivity index is 2.21. The Morgan fingerprint density at radius 3 is 2.35 bits per heavy atom. The fourth-order valence-electron chi connectivity index (χ4n) is 2.23. The zero-order valence-electron chi connectivity index (χ0n) is 13.3. The lowest BCUT2D eigenvalue weighted by Crippen LogP contribution is -2.27. The second-order valence-electron chi connectivity index (χ2n) is 5.23. The Labute approximate surface area is 151 Å². The molecular weight excluding hydrogens is 425 g/mol. The number of nitrogens with one attached hydrogen (secondary N) is 1. The van der Waals surface area contributed by atoms with E-state index in [9.17, 15) is 8.42 Å². The van der Waals surface area contributed by atoms with Crippen LogP contribution in [0.4, 0.5) is 0 Å². The molecule has 0 aliphatic heterocycles. The number of sulfonamides is 1. The van der Waals surface area contributed by atoms with Crippen molar-refractivity contribution in [2.75, 3.05) is 7.11 Å². The highest BCUT2D eigenvalue weighted by Gasteiger charge is 2.19. The summed E-state index contributed by atoms with van der Waals surface area (Å²) in [5.74, 6) is 0.660. The van der Waals surface area contributed by atoms with Crippen LogP contribution in [0.25, 0.3) is 0 Å². The quantitative estimate of drug-likeness (QED) is 0.687. The van der Waals surface area contributed by atoms with Crippen LogP contribution in [0, 0.1) is 3.57 Å². The second kappa shape index (κ2) is 7.63. The molecule has 124 valence electrons. The highest BCUT2D eigenvalue weighted by atomic mass is 127. The molecule has 1 N–H and O–H groups in total. The SMILES string of the molecule is CCc1ccc([C@@H](C)NS(=O)(=O)c2ccc(OC)c(I)c2)cc1. The standard InChI is InChI=1S/C17H20INO3S/c1-4-13-5-7-14(8-6-13)12(2)19-23(20,21)15-9-10-17(22-3)16(18)11-15/h5-12,19H,4H2,1-3H3/t12-/m1/s1. The minimum absolute atomic E-state index is 0.236. The number of halogens is 1. The molecule has 0 saturated heterocycles. The average Bonchev–Trinajstić information content (AvgIpc) is 2.54. The van der Waals surface area contributed by atoms with Gasteiger partial charge in [-0.2, -0.15) is 0 Å². The van der Waals surface area contributed by atoms with Crippen molar-refractivity contribution in [3.8, 4) is 5.75 Å². The van der Waals surface area contributed by atoms with Crippen LogP contribution in [-0.4, -0.2) is 15.5 Å². The molecule has 0 heterocycles. The van der Waals surface area contributed by atoms with Gasteiger partial charge in [-0.15, -0.1) is 0 Å². The Kier molecular flexibility index (Phi) is 6.05. The zero-order valence-corrected chi connectivity index (χ0v) is 16.3. The molecule has 2 aromatic rings. The van der Waals surface area contributed by atoms with E-state index in [0.717, 1.165) is 15.6 Å². The molecule has 23 heavy (non-hydrogen) atoms. The fourth-order valence-corrected chi connectivity index (χ4v) is 4.43. The summed E-state index contributed by atoms with van der Waals surface area (Å²) in [5.41, 5.74) is 2.17. The molecule has 1 atom stereocenters. The van der Waals surface area contributed by atoms with Crippen LogP contribution in [-0.2, 0) is 16.4 Å². The van der Waals surface area contributed by atoms with E-state index in [1.54, 1.807) is 25.3 Å². The Morgan fingerprint density at radius 2 is 1.83 bits per heavy atom. The lowest BCUT2D eigenvalue weighted by atomic mass is 10.1. The summed E-state index contributed by atoms with van der Waals surface area (Å²) in [6.07, 6.45) is 0.963. The third-order valence-electron chi connectivity index (χ3n) is 3.65. The van der Waals surface area contributed by atoms with E-state index >= 15 is 0 Å². The van der Waals surface area contributed by atoms with Crippen molar-refractivity contribution in [2.45, 2.75) is 31.2 Å². The molecule has 2 rings (SSSR count). The smallest absolute Gasteiger partial charge is 0.241 e. The van der Waals surface area contributed by atoms with Crippen LogP contribution < -0.4 is 9.46 Å². The van der Waals surface area contributed by atoms with Gasteiger partial charge in [0.1, 0.15) is 5.75 Å². The van der Waals surface area contributed by atoms with Gasteiger partial charge < -0.3 is 4.74 Å². The van der Waals surface area contributed by atoms with E-state index in [-0.39, 0.29) is 10.9 Å². The first-order valence-corrected chi connectivity index (χ1v) is 9.88. The van der Waals surface area contributed by atoms with Gasteiger partial charge in [0.15, 0.2) is 0 Å². The average molecular weight is 445 g/mol. The topological polar surface area (TPSA) is 55.4 Å². The van der Waals surface area contributed by atoms with Gasteiger partial charge in [-0.05, 0) is 65.3 Å². The van der Waals surface area contributed by atoms with Crippen molar-refractivity contribution < 1.29 is 13.2 Å². The van der Waals surface area contributed by atoms with Gasteiger partial charge in [-0.3, -0.25) is 0 Å². The Bertz CT molecular complexity index is 773. The molecule has 2 aromatic carbocycles. The minimum atomic E-state index is -3.58. The largest absolute Gasteiger partial charge is 0.496 e. The number of hydrogen-bond donors (Lipinski definition) is 1. The van der Waals surface area contributed by atoms with Crippen LogP contribution in [0.2, 0.25) is 0 Å². The molecule has 4 nitrogen and oxygen atoms in total. The first-order valence-electron chi connectivity index (χ1n) is 7.32. The first-order chi connectivity index (χ1) is 10.9. The summed E-state index contributed by atoms with van der Waals surface area (Å²) in [4.78, 5) is 0.236. The maximum Gasteiger partial charge on any atom is 0.241 e. The molecular formula is C17H20INO3S. The number of benzene rings is 2. The van der Waals surface area contributed by atoms with Crippen LogP contribution >= 0.6 is 22.6 Å². The highest BCUT2D eigenvalue weighted by molar-refractivity contribution is 14.1. The summed E-state index contributed by atoms with van der Waals surface area (Å²) >= 11 is 2.06. The van der Waals surface area contributed by atoms with Crippen LogP contribution in [0.1, 0.15) is 31.0 Å². The third kappa shape index (κ3) is 4.45. The van der Waals surface area contributed by atoms with Gasteiger partial charge in [-0.1, -0.05) is 31.2 Å². The van der Waals surface area contributed by atoms with E-state index in [1.807, 2.05) is 31.2 Å². The summed E-state index contributed by atoms with van der Waals surface area (Å²) in [7, 11) is -2.02. The van der Waals surface area contributed by atoms with Crippen LogP contribution in [0.5, 0.6) is 5.75 Å². The van der Waals surface area contributed by atoms with Crippen LogP contribution in [0.3, 0.4) is 0 Å². The number of hydrogen-bond acceptors (Lipinski definition) is 3. The maximum atomic E-state index is 12.5. The lowest BCUT2D eigenvalue weighted by molar-refractivity contribution is 0.411. The van der Waals surface area contributed by atoms with Crippen molar-refractivity contribution in [3.05, 3.63) is 57.2 Å². The molecule has 0 bridgehead atoms. The van der Waals surface area contributed by atoms with Gasteiger partial charge in [0.2, 0.25) is 10.0 Å². The Morgan fingerprint density at radius 1 is 1.17 bits per heavy atom. The maximum absolute atomic E-state index is 12.5. The van der Waals surface area contributed by atoms with Gasteiger partial charge in [0.05, 0.1) is 15.6 Å². The highest BCUT2D eigenvalue weighted by Crippen LogP contribution is 2.25.